The number of anilines is 1. The van der Waals surface area contributed by atoms with Crippen molar-refractivity contribution in [1.29, 1.82) is 0 Å². The van der Waals surface area contributed by atoms with E-state index in [4.69, 9.17) is 14.2 Å². The van der Waals surface area contributed by atoms with E-state index in [2.05, 4.69) is 5.32 Å². The fourth-order valence-corrected chi connectivity index (χ4v) is 5.06. The third kappa shape index (κ3) is 4.58. The predicted octanol–water partition coefficient (Wildman–Crippen LogP) is 2.98. The van der Waals surface area contributed by atoms with Crippen molar-refractivity contribution in [2.24, 2.45) is 0 Å². The summed E-state index contributed by atoms with van der Waals surface area (Å²) in [6.45, 7) is 0.0543. The molecule has 1 N–H and O–H groups in total. The third-order valence-electron chi connectivity index (χ3n) is 5.32. The summed E-state index contributed by atoms with van der Waals surface area (Å²) in [6, 6.07) is 20.2. The van der Waals surface area contributed by atoms with Gasteiger partial charge in [0.1, 0.15) is 17.2 Å². The van der Waals surface area contributed by atoms with E-state index in [1.54, 1.807) is 49.6 Å². The van der Waals surface area contributed by atoms with Gasteiger partial charge in [-0.3, -0.25) is 9.10 Å². The highest BCUT2D eigenvalue weighted by Crippen LogP contribution is 2.37. The Balaban J connectivity index is 1.59. The minimum atomic E-state index is -3.95. The van der Waals surface area contributed by atoms with Crippen LogP contribution in [-0.2, 0) is 21.4 Å². The number of fused-ring (bicyclic) bond motifs is 1. The summed E-state index contributed by atoms with van der Waals surface area (Å²) in [5, 5.41) is 2.82. The van der Waals surface area contributed by atoms with Crippen LogP contribution in [0.15, 0.2) is 77.7 Å². The van der Waals surface area contributed by atoms with E-state index in [0.29, 0.717) is 22.9 Å². The number of hydrogen-bond donors (Lipinski definition) is 1. The number of carbonyl (C=O) groups excluding carboxylic acids is 1. The maximum Gasteiger partial charge on any atom is 0.264 e. The van der Waals surface area contributed by atoms with E-state index in [1.165, 1.54) is 23.5 Å². The highest BCUT2D eigenvalue weighted by atomic mass is 32.2. The summed E-state index contributed by atoms with van der Waals surface area (Å²) in [6.07, 6.45) is -1.03. The van der Waals surface area contributed by atoms with Crippen molar-refractivity contribution >= 4 is 21.6 Å². The van der Waals surface area contributed by atoms with Crippen molar-refractivity contribution in [2.45, 2.75) is 17.5 Å². The predicted molar refractivity (Wildman–Crippen MR) is 123 cm³/mol. The Labute approximate surface area is 192 Å². The lowest BCUT2D eigenvalue weighted by Crippen LogP contribution is -2.50. The SMILES string of the molecule is COc1ccc(S(=O)(=O)N2C[C@H](C(=O)NCc3ccccc3OC)Oc3ccccc32)cc1. The molecule has 0 radical (unpaired) electrons. The molecule has 0 bridgehead atoms. The molecule has 0 saturated carbocycles. The normalized spacial score (nSPS) is 15.2. The lowest BCUT2D eigenvalue weighted by atomic mass is 10.2. The summed E-state index contributed by atoms with van der Waals surface area (Å²) >= 11 is 0. The van der Waals surface area contributed by atoms with Gasteiger partial charge < -0.3 is 19.5 Å². The number of sulfonamides is 1. The lowest BCUT2D eigenvalue weighted by Gasteiger charge is -2.34. The van der Waals surface area contributed by atoms with Gasteiger partial charge in [-0.2, -0.15) is 0 Å². The number of ether oxygens (including phenoxy) is 3. The van der Waals surface area contributed by atoms with E-state index in [-0.39, 0.29) is 18.0 Å². The van der Waals surface area contributed by atoms with Crippen molar-refractivity contribution in [3.63, 3.8) is 0 Å². The second-order valence-corrected chi connectivity index (χ2v) is 9.18. The Morgan fingerprint density at radius 2 is 1.70 bits per heavy atom. The lowest BCUT2D eigenvalue weighted by molar-refractivity contribution is -0.127. The fraction of sp³-hybridized carbons (Fsp3) is 0.208. The molecule has 0 spiro atoms. The Bertz CT molecular complexity index is 1240. The minimum absolute atomic E-state index is 0.0909. The van der Waals surface area contributed by atoms with Crippen LogP contribution < -0.4 is 23.8 Å². The first kappa shape index (κ1) is 22.5. The summed E-state index contributed by atoms with van der Waals surface area (Å²) in [5.41, 5.74) is 1.18. The molecule has 0 aromatic heterocycles. The van der Waals surface area contributed by atoms with Crippen LogP contribution in [0.5, 0.6) is 17.2 Å². The van der Waals surface area contributed by atoms with Gasteiger partial charge in [-0.05, 0) is 42.5 Å². The summed E-state index contributed by atoms with van der Waals surface area (Å²) in [4.78, 5) is 13.0. The first-order chi connectivity index (χ1) is 15.9. The molecule has 0 aliphatic carbocycles. The fourth-order valence-electron chi connectivity index (χ4n) is 3.59. The monoisotopic (exact) mass is 468 g/mol. The highest BCUT2D eigenvalue weighted by molar-refractivity contribution is 7.92. The van der Waals surface area contributed by atoms with Crippen LogP contribution in [0.4, 0.5) is 5.69 Å². The number of nitrogens with one attached hydrogen (secondary N) is 1. The van der Waals surface area contributed by atoms with Gasteiger partial charge in [-0.15, -0.1) is 0 Å². The molecule has 0 fully saturated rings. The number of benzene rings is 3. The van der Waals surface area contributed by atoms with Crippen LogP contribution in [0.2, 0.25) is 0 Å². The Hall–Kier alpha value is -3.72. The summed E-state index contributed by atoms with van der Waals surface area (Å²) < 4.78 is 44.4. The molecular formula is C24H24N2O6S. The minimum Gasteiger partial charge on any atom is -0.497 e. The van der Waals surface area contributed by atoms with Gasteiger partial charge in [0.2, 0.25) is 0 Å². The largest absolute Gasteiger partial charge is 0.497 e. The zero-order valence-corrected chi connectivity index (χ0v) is 19.0. The number of hydrogen-bond acceptors (Lipinski definition) is 6. The third-order valence-corrected chi connectivity index (χ3v) is 7.11. The average Bonchev–Trinajstić information content (AvgIpc) is 2.86. The van der Waals surface area contributed by atoms with Crippen molar-refractivity contribution in [3.05, 3.63) is 78.4 Å². The molecule has 9 heteroatoms. The quantitative estimate of drug-likeness (QED) is 0.573. The molecule has 3 aromatic carbocycles. The average molecular weight is 469 g/mol. The summed E-state index contributed by atoms with van der Waals surface area (Å²) in [5.74, 6) is 1.09. The van der Waals surface area contributed by atoms with E-state index >= 15 is 0 Å². The number of amides is 1. The molecule has 0 unspecified atom stereocenters. The van der Waals surface area contributed by atoms with Gasteiger partial charge in [0.05, 0.1) is 31.3 Å². The van der Waals surface area contributed by atoms with Gasteiger partial charge in [0, 0.05) is 12.1 Å². The van der Waals surface area contributed by atoms with Crippen LogP contribution >= 0.6 is 0 Å². The van der Waals surface area contributed by atoms with E-state index < -0.39 is 22.0 Å². The number of para-hydroxylation sites is 3. The Morgan fingerprint density at radius 3 is 2.42 bits per heavy atom. The molecule has 4 rings (SSSR count). The van der Waals surface area contributed by atoms with Crippen LogP contribution in [0, 0.1) is 0 Å². The molecule has 1 atom stereocenters. The standard InChI is InChI=1S/C24H24N2O6S/c1-30-18-11-13-19(14-12-18)33(28,29)26-16-23(32-22-10-6-4-8-20(22)26)24(27)25-15-17-7-3-5-9-21(17)31-2/h3-14,23H,15-16H2,1-2H3,(H,25,27)/t23-/m1/s1. The number of nitrogens with zero attached hydrogens (tertiary/aromatic N) is 1. The topological polar surface area (TPSA) is 94.2 Å². The first-order valence-electron chi connectivity index (χ1n) is 10.3. The van der Waals surface area contributed by atoms with Crippen molar-refractivity contribution < 1.29 is 27.4 Å². The second kappa shape index (κ2) is 9.41. The highest BCUT2D eigenvalue weighted by Gasteiger charge is 2.37. The molecular weight excluding hydrogens is 444 g/mol. The first-order valence-corrected chi connectivity index (χ1v) is 11.7. The molecule has 172 valence electrons. The van der Waals surface area contributed by atoms with E-state index in [9.17, 15) is 13.2 Å². The van der Waals surface area contributed by atoms with Gasteiger partial charge in [-0.1, -0.05) is 30.3 Å². The van der Waals surface area contributed by atoms with Crippen LogP contribution in [-0.4, -0.2) is 41.2 Å². The van der Waals surface area contributed by atoms with Crippen LogP contribution in [0.3, 0.4) is 0 Å². The van der Waals surface area contributed by atoms with Crippen molar-refractivity contribution in [2.75, 3.05) is 25.1 Å². The van der Waals surface area contributed by atoms with Gasteiger partial charge in [0.15, 0.2) is 6.10 Å². The smallest absolute Gasteiger partial charge is 0.264 e. The number of carbonyl (C=O) groups is 1. The van der Waals surface area contributed by atoms with Crippen molar-refractivity contribution in [3.8, 4) is 17.2 Å². The van der Waals surface area contributed by atoms with Crippen LogP contribution in [0.1, 0.15) is 5.56 Å². The van der Waals surface area contributed by atoms with Crippen molar-refractivity contribution in [1.82, 2.24) is 5.32 Å². The molecule has 1 aliphatic rings. The Morgan fingerprint density at radius 1 is 1.00 bits per heavy atom. The molecule has 3 aromatic rings. The molecule has 1 aliphatic heterocycles. The van der Waals surface area contributed by atoms with E-state index in [0.717, 1.165) is 5.56 Å². The molecule has 1 amide bonds. The molecule has 0 saturated heterocycles. The maximum absolute atomic E-state index is 13.5. The number of rotatable bonds is 7. The van der Waals surface area contributed by atoms with E-state index in [1.807, 2.05) is 18.2 Å². The zero-order valence-electron chi connectivity index (χ0n) is 18.2. The molecule has 8 nitrogen and oxygen atoms in total. The Kier molecular flexibility index (Phi) is 6.41. The maximum atomic E-state index is 13.5. The van der Waals surface area contributed by atoms with Crippen LogP contribution in [0.25, 0.3) is 0 Å². The molecule has 1 heterocycles. The zero-order chi connectivity index (χ0) is 23.4. The van der Waals surface area contributed by atoms with Gasteiger partial charge in [-0.25, -0.2) is 8.42 Å². The summed E-state index contributed by atoms with van der Waals surface area (Å²) in [7, 11) is -0.878. The van der Waals surface area contributed by atoms with Gasteiger partial charge in [0.25, 0.3) is 15.9 Å². The second-order valence-electron chi connectivity index (χ2n) is 7.32. The van der Waals surface area contributed by atoms with Gasteiger partial charge >= 0.3 is 0 Å². The molecule has 33 heavy (non-hydrogen) atoms. The number of methoxy groups -OCH3 is 2.